The number of hydrogen-bond donors (Lipinski definition) is 0. The quantitative estimate of drug-likeness (QED) is 0.677. The van der Waals surface area contributed by atoms with E-state index in [1.54, 1.807) is 16.7 Å². The third-order valence-electron chi connectivity index (χ3n) is 5.63. The average Bonchev–Trinajstić information content (AvgIpc) is 3.18. The molecule has 0 saturated carbocycles. The number of ether oxygens (including phenoxy) is 2. The summed E-state index contributed by atoms with van der Waals surface area (Å²) in [6.45, 7) is 7.79. The molecule has 0 atom stereocenters. The Morgan fingerprint density at radius 3 is 2.55 bits per heavy atom. The van der Waals surface area contributed by atoms with E-state index in [4.69, 9.17) is 14.5 Å². The number of nitrogens with zero attached hydrogens (tertiary/aromatic N) is 4. The minimum atomic E-state index is -0.0184. The van der Waals surface area contributed by atoms with E-state index in [9.17, 15) is 4.79 Å². The molecule has 0 unspecified atom stereocenters. The molecule has 3 aromatic rings. The molecular weight excluding hydrogens is 368 g/mol. The zero-order valence-electron chi connectivity index (χ0n) is 16.5. The van der Waals surface area contributed by atoms with Crippen molar-refractivity contribution in [3.63, 3.8) is 0 Å². The first kappa shape index (κ1) is 18.1. The maximum Gasteiger partial charge on any atom is 0.258 e. The SMILES string of the molecule is Cc1cccn2c(=O)cc(CN3CCN(Cc4ccc5c(c4)OCO5)CC3)nc12. The minimum absolute atomic E-state index is 0.0184. The second-order valence-electron chi connectivity index (χ2n) is 7.71. The van der Waals surface area contributed by atoms with Gasteiger partial charge in [0.25, 0.3) is 5.56 Å². The van der Waals surface area contributed by atoms with E-state index in [0.29, 0.717) is 13.3 Å². The van der Waals surface area contributed by atoms with Crippen LogP contribution in [0.25, 0.3) is 5.65 Å². The highest BCUT2D eigenvalue weighted by Crippen LogP contribution is 2.32. The molecule has 0 bridgehead atoms. The fourth-order valence-electron chi connectivity index (χ4n) is 4.02. The molecule has 2 aliphatic heterocycles. The lowest BCUT2D eigenvalue weighted by atomic mass is 10.1. The number of fused-ring (bicyclic) bond motifs is 2. The molecular formula is C22H24N4O3. The summed E-state index contributed by atoms with van der Waals surface area (Å²) in [5.74, 6) is 1.66. The molecule has 29 heavy (non-hydrogen) atoms. The molecule has 1 aromatic carbocycles. The highest BCUT2D eigenvalue weighted by atomic mass is 16.7. The van der Waals surface area contributed by atoms with E-state index in [0.717, 1.165) is 61.1 Å². The molecule has 7 nitrogen and oxygen atoms in total. The second-order valence-corrected chi connectivity index (χ2v) is 7.71. The summed E-state index contributed by atoms with van der Waals surface area (Å²) < 4.78 is 12.5. The molecule has 2 aliphatic rings. The number of piperazine rings is 1. The first-order valence-corrected chi connectivity index (χ1v) is 9.97. The lowest BCUT2D eigenvalue weighted by Gasteiger charge is -2.34. The van der Waals surface area contributed by atoms with Crippen LogP contribution in [0.1, 0.15) is 16.8 Å². The smallest absolute Gasteiger partial charge is 0.258 e. The van der Waals surface area contributed by atoms with Crippen LogP contribution in [0.2, 0.25) is 0 Å². The van der Waals surface area contributed by atoms with Crippen LogP contribution in [0.15, 0.2) is 47.4 Å². The first-order valence-electron chi connectivity index (χ1n) is 9.97. The molecule has 4 heterocycles. The number of aromatic nitrogens is 2. The Morgan fingerprint density at radius 1 is 0.966 bits per heavy atom. The van der Waals surface area contributed by atoms with Crippen molar-refractivity contribution >= 4 is 5.65 Å². The predicted octanol–water partition coefficient (Wildman–Crippen LogP) is 2.05. The Bertz CT molecular complexity index is 1100. The van der Waals surface area contributed by atoms with E-state index in [1.165, 1.54) is 5.56 Å². The Hall–Kier alpha value is -2.90. The predicted molar refractivity (Wildman–Crippen MR) is 109 cm³/mol. The third kappa shape index (κ3) is 3.71. The number of rotatable bonds is 4. The van der Waals surface area contributed by atoms with Gasteiger partial charge in [-0.1, -0.05) is 12.1 Å². The normalized spacial score (nSPS) is 17.1. The van der Waals surface area contributed by atoms with Crippen molar-refractivity contribution in [2.24, 2.45) is 0 Å². The van der Waals surface area contributed by atoms with Gasteiger partial charge in [-0.15, -0.1) is 0 Å². The highest BCUT2D eigenvalue weighted by molar-refractivity contribution is 5.47. The minimum Gasteiger partial charge on any atom is -0.454 e. The van der Waals surface area contributed by atoms with Crippen molar-refractivity contribution < 1.29 is 9.47 Å². The van der Waals surface area contributed by atoms with Crippen molar-refractivity contribution in [2.45, 2.75) is 20.0 Å². The van der Waals surface area contributed by atoms with E-state index < -0.39 is 0 Å². The van der Waals surface area contributed by atoms with Crippen LogP contribution in [-0.4, -0.2) is 52.2 Å². The van der Waals surface area contributed by atoms with Gasteiger partial charge in [-0.25, -0.2) is 4.98 Å². The molecule has 5 rings (SSSR count). The van der Waals surface area contributed by atoms with Crippen LogP contribution in [-0.2, 0) is 13.1 Å². The van der Waals surface area contributed by atoms with Gasteiger partial charge in [0.05, 0.1) is 5.69 Å². The van der Waals surface area contributed by atoms with E-state index in [1.807, 2.05) is 25.1 Å². The summed E-state index contributed by atoms with van der Waals surface area (Å²) in [5.41, 5.74) is 3.82. The molecule has 150 valence electrons. The van der Waals surface area contributed by atoms with Gasteiger partial charge in [-0.3, -0.25) is 19.0 Å². The summed E-state index contributed by atoms with van der Waals surface area (Å²) in [5, 5.41) is 0. The van der Waals surface area contributed by atoms with Crippen molar-refractivity contribution in [3.05, 3.63) is 69.8 Å². The summed E-state index contributed by atoms with van der Waals surface area (Å²) in [6.07, 6.45) is 1.77. The van der Waals surface area contributed by atoms with Gasteiger partial charge in [0.2, 0.25) is 6.79 Å². The Kier molecular flexibility index (Phi) is 4.69. The van der Waals surface area contributed by atoms with Gasteiger partial charge < -0.3 is 9.47 Å². The fourth-order valence-corrected chi connectivity index (χ4v) is 4.02. The van der Waals surface area contributed by atoms with Crippen molar-refractivity contribution in [1.29, 1.82) is 0 Å². The van der Waals surface area contributed by atoms with Gasteiger partial charge in [0.1, 0.15) is 5.65 Å². The van der Waals surface area contributed by atoms with Crippen LogP contribution < -0.4 is 15.0 Å². The van der Waals surface area contributed by atoms with Crippen LogP contribution in [0.3, 0.4) is 0 Å². The molecule has 0 amide bonds. The van der Waals surface area contributed by atoms with E-state index >= 15 is 0 Å². The summed E-state index contributed by atoms with van der Waals surface area (Å²) >= 11 is 0. The van der Waals surface area contributed by atoms with Gasteiger partial charge in [-0.05, 0) is 36.2 Å². The van der Waals surface area contributed by atoms with Crippen LogP contribution in [0.4, 0.5) is 0 Å². The lowest BCUT2D eigenvalue weighted by molar-refractivity contribution is 0.121. The molecule has 0 spiro atoms. The zero-order valence-corrected chi connectivity index (χ0v) is 16.5. The third-order valence-corrected chi connectivity index (χ3v) is 5.63. The molecule has 0 aliphatic carbocycles. The molecule has 0 radical (unpaired) electrons. The maximum absolute atomic E-state index is 12.4. The molecule has 0 N–H and O–H groups in total. The summed E-state index contributed by atoms with van der Waals surface area (Å²) in [7, 11) is 0. The van der Waals surface area contributed by atoms with Crippen LogP contribution >= 0.6 is 0 Å². The second kappa shape index (κ2) is 7.50. The van der Waals surface area contributed by atoms with Crippen molar-refractivity contribution in [3.8, 4) is 11.5 Å². The highest BCUT2D eigenvalue weighted by Gasteiger charge is 2.20. The van der Waals surface area contributed by atoms with Crippen LogP contribution in [0, 0.1) is 6.92 Å². The van der Waals surface area contributed by atoms with Gasteiger partial charge in [0.15, 0.2) is 11.5 Å². The zero-order chi connectivity index (χ0) is 19.8. The monoisotopic (exact) mass is 392 g/mol. The number of benzene rings is 1. The molecule has 1 fully saturated rings. The maximum atomic E-state index is 12.4. The number of aryl methyl sites for hydroxylation is 1. The Labute approximate surface area is 169 Å². The summed E-state index contributed by atoms with van der Waals surface area (Å²) in [6, 6.07) is 11.7. The average molecular weight is 392 g/mol. The summed E-state index contributed by atoms with van der Waals surface area (Å²) in [4.78, 5) is 22.0. The Morgan fingerprint density at radius 2 is 1.72 bits per heavy atom. The standard InChI is InChI=1S/C22H24N4O3/c1-16-3-2-6-26-21(27)12-18(23-22(16)26)14-25-9-7-24(8-10-25)13-17-4-5-19-20(11-17)29-15-28-19/h2-6,11-12H,7-10,13-15H2,1H3. The van der Waals surface area contributed by atoms with Gasteiger partial charge in [-0.2, -0.15) is 0 Å². The lowest BCUT2D eigenvalue weighted by Crippen LogP contribution is -2.45. The number of hydrogen-bond acceptors (Lipinski definition) is 6. The largest absolute Gasteiger partial charge is 0.454 e. The first-order chi connectivity index (χ1) is 14.2. The molecule has 2 aromatic heterocycles. The van der Waals surface area contributed by atoms with Gasteiger partial charge in [0, 0.05) is 51.5 Å². The Balaban J connectivity index is 1.22. The molecule has 7 heteroatoms. The van der Waals surface area contributed by atoms with E-state index in [2.05, 4.69) is 21.9 Å². The number of pyridine rings is 1. The van der Waals surface area contributed by atoms with Crippen molar-refractivity contribution in [1.82, 2.24) is 19.2 Å². The fraction of sp³-hybridized carbons (Fsp3) is 0.364. The van der Waals surface area contributed by atoms with Crippen molar-refractivity contribution in [2.75, 3.05) is 33.0 Å². The van der Waals surface area contributed by atoms with Crippen LogP contribution in [0.5, 0.6) is 11.5 Å². The molecule has 1 saturated heterocycles. The van der Waals surface area contributed by atoms with E-state index in [-0.39, 0.29) is 5.56 Å². The van der Waals surface area contributed by atoms with Gasteiger partial charge >= 0.3 is 0 Å². The topological polar surface area (TPSA) is 59.3 Å².